The quantitative estimate of drug-likeness (QED) is 0.721. The van der Waals surface area contributed by atoms with E-state index >= 15 is 0 Å². The Morgan fingerprint density at radius 1 is 1.19 bits per heavy atom. The zero-order valence-corrected chi connectivity index (χ0v) is 13.3. The van der Waals surface area contributed by atoms with Crippen molar-refractivity contribution < 1.29 is 9.15 Å². The van der Waals surface area contributed by atoms with E-state index in [1.807, 2.05) is 12.1 Å². The van der Waals surface area contributed by atoms with Crippen LogP contribution in [0.1, 0.15) is 18.2 Å². The molecule has 4 nitrogen and oxygen atoms in total. The molecule has 0 bridgehead atoms. The summed E-state index contributed by atoms with van der Waals surface area (Å²) in [6.45, 7) is 6.31. The summed E-state index contributed by atoms with van der Waals surface area (Å²) >= 11 is 0. The van der Waals surface area contributed by atoms with Gasteiger partial charge in [0, 0.05) is 37.0 Å². The van der Waals surface area contributed by atoms with E-state index in [2.05, 4.69) is 43.4 Å². The molecule has 21 heavy (non-hydrogen) atoms. The zero-order chi connectivity index (χ0) is 15.1. The number of rotatable bonds is 9. The average Bonchev–Trinajstić information content (AvgIpc) is 2.84. The van der Waals surface area contributed by atoms with Gasteiger partial charge >= 0.3 is 0 Å². The van der Waals surface area contributed by atoms with E-state index in [1.165, 1.54) is 10.9 Å². The highest BCUT2D eigenvalue weighted by Gasteiger charge is 2.11. The fourth-order valence-corrected chi connectivity index (χ4v) is 2.34. The third-order valence-corrected chi connectivity index (χ3v) is 3.51. The van der Waals surface area contributed by atoms with Gasteiger partial charge in [-0.1, -0.05) is 25.1 Å². The molecule has 1 aromatic carbocycles. The van der Waals surface area contributed by atoms with Crippen LogP contribution in [0.5, 0.6) is 0 Å². The summed E-state index contributed by atoms with van der Waals surface area (Å²) in [5, 5.41) is 4.66. The molecule has 1 aromatic heterocycles. The van der Waals surface area contributed by atoms with Crippen LogP contribution < -0.4 is 5.32 Å². The van der Waals surface area contributed by atoms with Crippen LogP contribution in [0.15, 0.2) is 28.7 Å². The van der Waals surface area contributed by atoms with E-state index in [9.17, 15) is 0 Å². The molecule has 1 heterocycles. The van der Waals surface area contributed by atoms with Crippen LogP contribution in [0.3, 0.4) is 0 Å². The minimum Gasteiger partial charge on any atom is -0.461 e. The SMILES string of the molecule is CCc1oc2ccccc2c1CNCCOCCN(C)C. The number of nitrogens with one attached hydrogen (secondary N) is 1. The van der Waals surface area contributed by atoms with E-state index in [0.29, 0.717) is 0 Å². The molecule has 116 valence electrons. The van der Waals surface area contributed by atoms with Gasteiger partial charge in [-0.2, -0.15) is 0 Å². The van der Waals surface area contributed by atoms with Gasteiger partial charge in [0.15, 0.2) is 0 Å². The van der Waals surface area contributed by atoms with Crippen molar-refractivity contribution in [1.29, 1.82) is 0 Å². The lowest BCUT2D eigenvalue weighted by atomic mass is 10.1. The van der Waals surface area contributed by atoms with Crippen molar-refractivity contribution in [2.24, 2.45) is 0 Å². The first kappa shape index (κ1) is 16.0. The third kappa shape index (κ3) is 4.56. The molecule has 1 N–H and O–H groups in total. The topological polar surface area (TPSA) is 37.6 Å². The lowest BCUT2D eigenvalue weighted by molar-refractivity contribution is 0.119. The van der Waals surface area contributed by atoms with Crippen LogP contribution in [0.2, 0.25) is 0 Å². The van der Waals surface area contributed by atoms with Gasteiger partial charge in [-0.05, 0) is 20.2 Å². The Labute approximate surface area is 127 Å². The summed E-state index contributed by atoms with van der Waals surface area (Å²) in [5.74, 6) is 1.08. The smallest absolute Gasteiger partial charge is 0.134 e. The standard InChI is InChI=1S/C17H26N2O2/c1-4-16-15(14-7-5-6-8-17(14)21-16)13-18-9-11-20-12-10-19(2)3/h5-8,18H,4,9-13H2,1-3H3. The molecule has 2 aromatic rings. The van der Waals surface area contributed by atoms with Crippen LogP contribution in [-0.4, -0.2) is 45.3 Å². The van der Waals surface area contributed by atoms with Gasteiger partial charge < -0.3 is 19.4 Å². The van der Waals surface area contributed by atoms with Crippen molar-refractivity contribution in [1.82, 2.24) is 10.2 Å². The molecule has 0 aliphatic rings. The third-order valence-electron chi connectivity index (χ3n) is 3.51. The first-order chi connectivity index (χ1) is 10.2. The van der Waals surface area contributed by atoms with Crippen LogP contribution in [0.4, 0.5) is 0 Å². The minimum atomic E-state index is 0.741. The number of ether oxygens (including phenoxy) is 1. The number of fused-ring (bicyclic) bond motifs is 1. The number of benzene rings is 1. The Kier molecular flexibility index (Phi) is 6.23. The number of hydrogen-bond acceptors (Lipinski definition) is 4. The van der Waals surface area contributed by atoms with Gasteiger partial charge in [0.1, 0.15) is 11.3 Å². The number of para-hydroxylation sites is 1. The van der Waals surface area contributed by atoms with Gasteiger partial charge in [0.25, 0.3) is 0 Å². The van der Waals surface area contributed by atoms with Gasteiger partial charge in [-0.15, -0.1) is 0 Å². The summed E-state index contributed by atoms with van der Waals surface area (Å²) in [6, 6.07) is 8.23. The normalized spacial score (nSPS) is 11.6. The van der Waals surface area contributed by atoms with E-state index in [-0.39, 0.29) is 0 Å². The van der Waals surface area contributed by atoms with Gasteiger partial charge in [-0.25, -0.2) is 0 Å². The molecule has 0 unspecified atom stereocenters. The molecular formula is C17H26N2O2. The molecule has 0 spiro atoms. The fraction of sp³-hybridized carbons (Fsp3) is 0.529. The average molecular weight is 290 g/mol. The second-order valence-corrected chi connectivity index (χ2v) is 5.45. The van der Waals surface area contributed by atoms with Crippen molar-refractivity contribution in [3.8, 4) is 0 Å². The maximum atomic E-state index is 5.89. The number of nitrogens with zero attached hydrogens (tertiary/aromatic N) is 1. The molecule has 0 atom stereocenters. The molecule has 4 heteroatoms. The second kappa shape index (κ2) is 8.17. The highest BCUT2D eigenvalue weighted by Crippen LogP contribution is 2.25. The highest BCUT2D eigenvalue weighted by atomic mass is 16.5. The number of aryl methyl sites for hydroxylation is 1. The van der Waals surface area contributed by atoms with Crippen LogP contribution >= 0.6 is 0 Å². The van der Waals surface area contributed by atoms with Gasteiger partial charge in [-0.3, -0.25) is 0 Å². The van der Waals surface area contributed by atoms with Gasteiger partial charge in [0.05, 0.1) is 13.2 Å². The van der Waals surface area contributed by atoms with E-state index in [0.717, 1.165) is 50.6 Å². The van der Waals surface area contributed by atoms with Crippen LogP contribution in [-0.2, 0) is 17.7 Å². The molecule has 0 radical (unpaired) electrons. The minimum absolute atomic E-state index is 0.741. The van der Waals surface area contributed by atoms with Crippen molar-refractivity contribution in [2.45, 2.75) is 19.9 Å². The molecule has 0 saturated heterocycles. The van der Waals surface area contributed by atoms with Gasteiger partial charge in [0.2, 0.25) is 0 Å². The molecular weight excluding hydrogens is 264 g/mol. The lowest BCUT2D eigenvalue weighted by Gasteiger charge is -2.10. The highest BCUT2D eigenvalue weighted by molar-refractivity contribution is 5.82. The maximum Gasteiger partial charge on any atom is 0.134 e. The Hall–Kier alpha value is -1.36. The molecule has 0 amide bonds. The van der Waals surface area contributed by atoms with Crippen molar-refractivity contribution in [3.05, 3.63) is 35.6 Å². The summed E-state index contributed by atoms with van der Waals surface area (Å²) in [5.41, 5.74) is 2.26. The molecule has 2 rings (SSSR count). The monoisotopic (exact) mass is 290 g/mol. The summed E-state index contributed by atoms with van der Waals surface area (Å²) in [7, 11) is 4.11. The largest absolute Gasteiger partial charge is 0.461 e. The van der Waals surface area contributed by atoms with E-state index < -0.39 is 0 Å². The summed E-state index contributed by atoms with van der Waals surface area (Å²) < 4.78 is 11.5. The summed E-state index contributed by atoms with van der Waals surface area (Å²) in [6.07, 6.45) is 0.922. The first-order valence-corrected chi connectivity index (χ1v) is 7.64. The predicted octanol–water partition coefficient (Wildman–Crippen LogP) is 2.66. The Balaban J connectivity index is 1.80. The Bertz CT molecular complexity index is 549. The van der Waals surface area contributed by atoms with Crippen LogP contribution in [0.25, 0.3) is 11.0 Å². The number of hydrogen-bond donors (Lipinski definition) is 1. The Morgan fingerprint density at radius 2 is 2.00 bits per heavy atom. The maximum absolute atomic E-state index is 5.89. The van der Waals surface area contributed by atoms with Crippen molar-refractivity contribution >= 4 is 11.0 Å². The fourth-order valence-electron chi connectivity index (χ4n) is 2.34. The molecule has 0 aliphatic heterocycles. The van der Waals surface area contributed by atoms with Crippen LogP contribution in [0, 0.1) is 0 Å². The van der Waals surface area contributed by atoms with Crippen molar-refractivity contribution in [3.63, 3.8) is 0 Å². The first-order valence-electron chi connectivity index (χ1n) is 7.64. The van der Waals surface area contributed by atoms with Crippen molar-refractivity contribution in [2.75, 3.05) is 40.4 Å². The summed E-state index contributed by atoms with van der Waals surface area (Å²) in [4.78, 5) is 2.12. The second-order valence-electron chi connectivity index (χ2n) is 5.45. The van der Waals surface area contributed by atoms with E-state index in [1.54, 1.807) is 0 Å². The molecule has 0 saturated carbocycles. The Morgan fingerprint density at radius 3 is 2.76 bits per heavy atom. The number of likely N-dealkylation sites (N-methyl/N-ethyl adjacent to an activating group) is 1. The number of furan rings is 1. The zero-order valence-electron chi connectivity index (χ0n) is 13.3. The molecule has 0 aliphatic carbocycles. The lowest BCUT2D eigenvalue weighted by Crippen LogP contribution is -2.23. The predicted molar refractivity (Wildman–Crippen MR) is 86.7 cm³/mol. The van der Waals surface area contributed by atoms with E-state index in [4.69, 9.17) is 9.15 Å². The molecule has 0 fully saturated rings.